The lowest BCUT2D eigenvalue weighted by Crippen LogP contribution is -2.41. The minimum atomic E-state index is -0.425. The van der Waals surface area contributed by atoms with Gasteiger partial charge in [0.15, 0.2) is 0 Å². The molecule has 0 saturated carbocycles. The number of rotatable bonds is 11. The van der Waals surface area contributed by atoms with Crippen molar-refractivity contribution in [2.24, 2.45) is 0 Å². The zero-order valence-corrected chi connectivity index (χ0v) is 14.6. The second-order valence-corrected chi connectivity index (χ2v) is 5.76. The van der Waals surface area contributed by atoms with E-state index in [2.05, 4.69) is 16.0 Å². The van der Waals surface area contributed by atoms with Crippen LogP contribution in [0.2, 0.25) is 0 Å². The Morgan fingerprint density at radius 1 is 0.840 bits per heavy atom. The van der Waals surface area contributed by atoms with Crippen molar-refractivity contribution >= 4 is 29.5 Å². The van der Waals surface area contributed by atoms with Crippen molar-refractivity contribution < 1.29 is 24.0 Å². The number of likely N-dealkylation sites (tertiary alicyclic amines) is 1. The van der Waals surface area contributed by atoms with Crippen LogP contribution in [0.25, 0.3) is 0 Å². The van der Waals surface area contributed by atoms with Crippen LogP contribution < -0.4 is 16.0 Å². The molecule has 1 saturated heterocycles. The fourth-order valence-electron chi connectivity index (χ4n) is 2.37. The summed E-state index contributed by atoms with van der Waals surface area (Å²) in [5.74, 6) is -1.20. The van der Waals surface area contributed by atoms with Gasteiger partial charge in [0, 0.05) is 32.4 Å². The molecule has 0 radical (unpaired) electrons. The third-order valence-corrected chi connectivity index (χ3v) is 3.71. The van der Waals surface area contributed by atoms with Crippen LogP contribution in [0.3, 0.4) is 0 Å². The third-order valence-electron chi connectivity index (χ3n) is 3.71. The molecular formula is C16H26N4O5. The average Bonchev–Trinajstić information content (AvgIpc) is 2.89. The zero-order valence-electron chi connectivity index (χ0n) is 14.6. The standard InChI is InChI=1S/C16H26N4O5/c1-2-17-13(22)10-19-14(23)11-18-12(21)6-4-3-5-9-20-15(24)7-8-16(20)25/h2-11H2,1H3,(H,17,22)(H,18,21)(H,19,23). The summed E-state index contributed by atoms with van der Waals surface area (Å²) in [6.45, 7) is 2.39. The zero-order chi connectivity index (χ0) is 18.7. The summed E-state index contributed by atoms with van der Waals surface area (Å²) in [6.07, 6.45) is 2.85. The molecule has 140 valence electrons. The van der Waals surface area contributed by atoms with E-state index in [0.717, 1.165) is 0 Å². The van der Waals surface area contributed by atoms with Crippen LogP contribution in [0.5, 0.6) is 0 Å². The lowest BCUT2D eigenvalue weighted by atomic mass is 10.2. The van der Waals surface area contributed by atoms with Gasteiger partial charge >= 0.3 is 0 Å². The van der Waals surface area contributed by atoms with Crippen LogP contribution in [0, 0.1) is 0 Å². The van der Waals surface area contributed by atoms with Gasteiger partial charge in [0.2, 0.25) is 29.5 Å². The molecule has 0 bridgehead atoms. The number of carbonyl (C=O) groups excluding carboxylic acids is 5. The van der Waals surface area contributed by atoms with E-state index in [1.807, 2.05) is 0 Å². The Morgan fingerprint density at radius 3 is 2.00 bits per heavy atom. The normalized spacial score (nSPS) is 13.7. The minimum absolute atomic E-state index is 0.115. The van der Waals surface area contributed by atoms with Crippen LogP contribution in [0.15, 0.2) is 0 Å². The molecule has 0 unspecified atom stereocenters. The summed E-state index contributed by atoms with van der Waals surface area (Å²) < 4.78 is 0. The number of imide groups is 1. The highest BCUT2D eigenvalue weighted by molar-refractivity contribution is 6.01. The van der Waals surface area contributed by atoms with Gasteiger partial charge in [-0.3, -0.25) is 28.9 Å². The van der Waals surface area contributed by atoms with Crippen molar-refractivity contribution in [2.45, 2.75) is 45.4 Å². The number of hydrogen-bond donors (Lipinski definition) is 3. The highest BCUT2D eigenvalue weighted by Crippen LogP contribution is 2.13. The molecule has 25 heavy (non-hydrogen) atoms. The highest BCUT2D eigenvalue weighted by Gasteiger charge is 2.27. The Bertz CT molecular complexity index is 505. The molecule has 1 aliphatic rings. The van der Waals surface area contributed by atoms with E-state index in [4.69, 9.17) is 0 Å². The summed E-state index contributed by atoms with van der Waals surface area (Å²) in [5.41, 5.74) is 0. The van der Waals surface area contributed by atoms with Gasteiger partial charge in [-0.15, -0.1) is 0 Å². The molecule has 1 aliphatic heterocycles. The minimum Gasteiger partial charge on any atom is -0.355 e. The molecule has 9 nitrogen and oxygen atoms in total. The van der Waals surface area contributed by atoms with E-state index in [9.17, 15) is 24.0 Å². The third kappa shape index (κ3) is 8.27. The van der Waals surface area contributed by atoms with E-state index in [-0.39, 0.29) is 43.1 Å². The lowest BCUT2D eigenvalue weighted by Gasteiger charge is -2.13. The van der Waals surface area contributed by atoms with Crippen LogP contribution in [0.4, 0.5) is 0 Å². The molecular weight excluding hydrogens is 328 g/mol. The summed E-state index contributed by atoms with van der Waals surface area (Å²) >= 11 is 0. The topological polar surface area (TPSA) is 125 Å². The molecule has 0 aromatic rings. The van der Waals surface area contributed by atoms with Crippen LogP contribution in [-0.2, 0) is 24.0 Å². The largest absolute Gasteiger partial charge is 0.355 e. The van der Waals surface area contributed by atoms with Gasteiger partial charge in [0.05, 0.1) is 13.1 Å². The quantitative estimate of drug-likeness (QED) is 0.326. The molecule has 1 heterocycles. The highest BCUT2D eigenvalue weighted by atomic mass is 16.2. The van der Waals surface area contributed by atoms with Crippen LogP contribution >= 0.6 is 0 Å². The number of carbonyl (C=O) groups is 5. The van der Waals surface area contributed by atoms with Crippen LogP contribution in [-0.4, -0.2) is 60.6 Å². The van der Waals surface area contributed by atoms with Crippen LogP contribution in [0.1, 0.15) is 45.4 Å². The molecule has 5 amide bonds. The molecule has 0 aromatic carbocycles. The van der Waals surface area contributed by atoms with Crippen molar-refractivity contribution in [3.63, 3.8) is 0 Å². The van der Waals surface area contributed by atoms with E-state index in [0.29, 0.717) is 45.2 Å². The first-order valence-corrected chi connectivity index (χ1v) is 8.57. The van der Waals surface area contributed by atoms with Crippen molar-refractivity contribution in [2.75, 3.05) is 26.2 Å². The summed E-state index contributed by atoms with van der Waals surface area (Å²) in [4.78, 5) is 58.4. The lowest BCUT2D eigenvalue weighted by molar-refractivity contribution is -0.138. The predicted octanol–water partition coefficient (Wildman–Crippen LogP) is -0.936. The monoisotopic (exact) mass is 354 g/mol. The molecule has 0 spiro atoms. The van der Waals surface area contributed by atoms with Gasteiger partial charge in [0.25, 0.3) is 0 Å². The van der Waals surface area contributed by atoms with Gasteiger partial charge in [-0.25, -0.2) is 0 Å². The molecule has 0 aromatic heterocycles. The Morgan fingerprint density at radius 2 is 1.40 bits per heavy atom. The smallest absolute Gasteiger partial charge is 0.239 e. The molecule has 1 rings (SSSR count). The predicted molar refractivity (Wildman–Crippen MR) is 89.1 cm³/mol. The molecule has 0 aliphatic carbocycles. The maximum atomic E-state index is 11.6. The first kappa shape index (κ1) is 20.6. The molecule has 1 fully saturated rings. The second kappa shape index (κ2) is 11.2. The van der Waals surface area contributed by atoms with E-state index in [1.54, 1.807) is 6.92 Å². The number of hydrogen-bond acceptors (Lipinski definition) is 5. The number of unbranched alkanes of at least 4 members (excludes halogenated alkanes) is 2. The fraction of sp³-hybridized carbons (Fsp3) is 0.688. The molecule has 0 atom stereocenters. The van der Waals surface area contributed by atoms with Crippen molar-refractivity contribution in [1.29, 1.82) is 0 Å². The Kier molecular flexibility index (Phi) is 9.20. The number of nitrogens with zero attached hydrogens (tertiary/aromatic N) is 1. The van der Waals surface area contributed by atoms with E-state index >= 15 is 0 Å². The molecule has 9 heteroatoms. The van der Waals surface area contributed by atoms with E-state index in [1.165, 1.54) is 4.90 Å². The van der Waals surface area contributed by atoms with Crippen molar-refractivity contribution in [3.05, 3.63) is 0 Å². The van der Waals surface area contributed by atoms with Crippen molar-refractivity contribution in [1.82, 2.24) is 20.9 Å². The summed E-state index contributed by atoms with van der Waals surface area (Å²) in [6, 6.07) is 0. The van der Waals surface area contributed by atoms with Crippen molar-refractivity contribution in [3.8, 4) is 0 Å². The Balaban J connectivity index is 2.03. The fourth-order valence-corrected chi connectivity index (χ4v) is 2.37. The summed E-state index contributed by atoms with van der Waals surface area (Å²) in [5, 5.41) is 7.43. The maximum absolute atomic E-state index is 11.6. The first-order chi connectivity index (χ1) is 11.9. The Hall–Kier alpha value is -2.45. The SMILES string of the molecule is CCNC(=O)CNC(=O)CNC(=O)CCCCCN1C(=O)CCC1=O. The maximum Gasteiger partial charge on any atom is 0.239 e. The van der Waals surface area contributed by atoms with E-state index < -0.39 is 5.91 Å². The number of likely N-dealkylation sites (N-methyl/N-ethyl adjacent to an activating group) is 1. The summed E-state index contributed by atoms with van der Waals surface area (Å²) in [7, 11) is 0. The second-order valence-electron chi connectivity index (χ2n) is 5.76. The Labute approximate surface area is 146 Å². The van der Waals surface area contributed by atoms with Gasteiger partial charge in [-0.2, -0.15) is 0 Å². The molecule has 3 N–H and O–H groups in total. The van der Waals surface area contributed by atoms with Gasteiger partial charge in [-0.05, 0) is 19.8 Å². The average molecular weight is 354 g/mol. The van der Waals surface area contributed by atoms with Gasteiger partial charge in [-0.1, -0.05) is 6.42 Å². The van der Waals surface area contributed by atoms with Gasteiger partial charge < -0.3 is 16.0 Å². The van der Waals surface area contributed by atoms with Gasteiger partial charge in [0.1, 0.15) is 0 Å². The first-order valence-electron chi connectivity index (χ1n) is 8.57. The number of amides is 5. The number of nitrogens with one attached hydrogen (secondary N) is 3.